The van der Waals surface area contributed by atoms with Crippen molar-refractivity contribution in [1.29, 1.82) is 0 Å². The van der Waals surface area contributed by atoms with Crippen molar-refractivity contribution in [1.82, 2.24) is 5.06 Å². The molecule has 2 heteroatoms. The third kappa shape index (κ3) is 2.84. The molecule has 1 heterocycles. The summed E-state index contributed by atoms with van der Waals surface area (Å²) in [6.45, 7) is 0.598. The van der Waals surface area contributed by atoms with Gasteiger partial charge in [0.15, 0.2) is 0 Å². The Morgan fingerprint density at radius 3 is 1.71 bits per heavy atom. The maximum Gasteiger partial charge on any atom is 0.107 e. The van der Waals surface area contributed by atoms with Crippen molar-refractivity contribution < 1.29 is 4.84 Å². The van der Waals surface area contributed by atoms with Crippen molar-refractivity contribution >= 4 is 5.70 Å². The summed E-state index contributed by atoms with van der Waals surface area (Å²) < 4.78 is 0. The molecule has 118 valence electrons. The molecule has 0 fully saturated rings. The molecule has 3 aromatic rings. The van der Waals surface area contributed by atoms with Crippen LogP contribution in [0.4, 0.5) is 0 Å². The average molecular weight is 313 g/mol. The van der Waals surface area contributed by atoms with Gasteiger partial charge in [0, 0.05) is 0 Å². The van der Waals surface area contributed by atoms with E-state index in [9.17, 15) is 0 Å². The van der Waals surface area contributed by atoms with Crippen molar-refractivity contribution in [2.24, 2.45) is 0 Å². The summed E-state index contributed by atoms with van der Waals surface area (Å²) >= 11 is 0. The van der Waals surface area contributed by atoms with Gasteiger partial charge in [-0.1, -0.05) is 91.0 Å². The zero-order chi connectivity index (χ0) is 16.2. The summed E-state index contributed by atoms with van der Waals surface area (Å²) in [5.41, 5.74) is 4.72. The molecule has 0 bridgehead atoms. The van der Waals surface area contributed by atoms with E-state index in [2.05, 4.69) is 78.9 Å². The van der Waals surface area contributed by atoms with Gasteiger partial charge in [0.05, 0.1) is 12.3 Å². The minimum atomic E-state index is 0.0290. The summed E-state index contributed by atoms with van der Waals surface area (Å²) in [4.78, 5) is 6.03. The largest absolute Gasteiger partial charge is 0.268 e. The number of hydrogen-bond acceptors (Lipinski definition) is 2. The first-order chi connectivity index (χ1) is 11.9. The van der Waals surface area contributed by atoms with E-state index < -0.39 is 0 Å². The normalized spacial score (nSPS) is 14.0. The third-order valence-corrected chi connectivity index (χ3v) is 4.26. The van der Waals surface area contributed by atoms with E-state index in [-0.39, 0.29) is 6.04 Å². The van der Waals surface area contributed by atoms with Crippen molar-refractivity contribution in [2.75, 3.05) is 6.61 Å². The molecule has 4 rings (SSSR count). The van der Waals surface area contributed by atoms with Crippen LogP contribution in [0.5, 0.6) is 0 Å². The molecule has 0 atom stereocenters. The standard InChI is InChI=1S/C22H19NO/c1-4-10-18(11-5-1)21-16-17-24-23(21)22(19-12-6-2-7-13-19)20-14-8-3-9-15-20/h1-16,22H,17H2. The van der Waals surface area contributed by atoms with Gasteiger partial charge in [-0.15, -0.1) is 0 Å². The molecule has 0 spiro atoms. The summed E-state index contributed by atoms with van der Waals surface area (Å²) in [5.74, 6) is 0. The molecule has 1 aliphatic rings. The van der Waals surface area contributed by atoms with Crippen LogP contribution in [-0.4, -0.2) is 11.7 Å². The Morgan fingerprint density at radius 2 is 1.17 bits per heavy atom. The van der Waals surface area contributed by atoms with Gasteiger partial charge in [0.2, 0.25) is 0 Å². The van der Waals surface area contributed by atoms with Crippen LogP contribution in [0.1, 0.15) is 22.7 Å². The molecule has 0 saturated heterocycles. The third-order valence-electron chi connectivity index (χ3n) is 4.26. The van der Waals surface area contributed by atoms with Crippen LogP contribution in [-0.2, 0) is 4.84 Å². The predicted molar refractivity (Wildman–Crippen MR) is 96.9 cm³/mol. The van der Waals surface area contributed by atoms with Crippen molar-refractivity contribution in [3.8, 4) is 0 Å². The monoisotopic (exact) mass is 313 g/mol. The molecule has 0 aromatic heterocycles. The fourth-order valence-electron chi connectivity index (χ4n) is 3.16. The highest BCUT2D eigenvalue weighted by molar-refractivity contribution is 5.65. The summed E-state index contributed by atoms with van der Waals surface area (Å²) in [5, 5.41) is 2.04. The lowest BCUT2D eigenvalue weighted by molar-refractivity contribution is -0.103. The van der Waals surface area contributed by atoms with Crippen LogP contribution in [0, 0.1) is 0 Å². The first kappa shape index (κ1) is 14.7. The Morgan fingerprint density at radius 1 is 0.667 bits per heavy atom. The van der Waals surface area contributed by atoms with Gasteiger partial charge in [-0.25, -0.2) is 5.06 Å². The minimum absolute atomic E-state index is 0.0290. The van der Waals surface area contributed by atoms with Crippen molar-refractivity contribution in [3.05, 3.63) is 114 Å². The van der Waals surface area contributed by atoms with Crippen LogP contribution in [0.15, 0.2) is 97.1 Å². The number of hydroxylamine groups is 2. The van der Waals surface area contributed by atoms with Crippen molar-refractivity contribution in [2.45, 2.75) is 6.04 Å². The molecule has 0 aliphatic carbocycles. The molecule has 2 nitrogen and oxygen atoms in total. The molecular formula is C22H19NO. The summed E-state index contributed by atoms with van der Waals surface area (Å²) in [6.07, 6.45) is 2.15. The maximum absolute atomic E-state index is 6.03. The zero-order valence-corrected chi connectivity index (χ0v) is 13.4. The van der Waals surface area contributed by atoms with Gasteiger partial charge in [0.25, 0.3) is 0 Å². The lowest BCUT2D eigenvalue weighted by Crippen LogP contribution is -2.25. The van der Waals surface area contributed by atoms with Gasteiger partial charge >= 0.3 is 0 Å². The van der Waals surface area contributed by atoms with Crippen LogP contribution in [0.25, 0.3) is 5.70 Å². The van der Waals surface area contributed by atoms with E-state index in [4.69, 9.17) is 4.84 Å². The van der Waals surface area contributed by atoms with Crippen LogP contribution >= 0.6 is 0 Å². The van der Waals surface area contributed by atoms with Crippen LogP contribution in [0.3, 0.4) is 0 Å². The minimum Gasteiger partial charge on any atom is -0.268 e. The van der Waals surface area contributed by atoms with Gasteiger partial charge in [-0.2, -0.15) is 0 Å². The molecule has 0 amide bonds. The SMILES string of the molecule is C1=C(c2ccccc2)N(C(c2ccccc2)c2ccccc2)OC1. The Bertz CT molecular complexity index is 773. The zero-order valence-electron chi connectivity index (χ0n) is 13.4. The molecular weight excluding hydrogens is 294 g/mol. The predicted octanol–water partition coefficient (Wildman–Crippen LogP) is 5.06. The fraction of sp³-hybridized carbons (Fsp3) is 0.0909. The topological polar surface area (TPSA) is 12.5 Å². The van der Waals surface area contributed by atoms with E-state index in [1.807, 2.05) is 23.3 Å². The molecule has 0 N–H and O–H groups in total. The Balaban J connectivity index is 1.78. The summed E-state index contributed by atoms with van der Waals surface area (Å²) in [7, 11) is 0. The van der Waals surface area contributed by atoms with Crippen molar-refractivity contribution in [3.63, 3.8) is 0 Å². The van der Waals surface area contributed by atoms with E-state index >= 15 is 0 Å². The Hall–Kier alpha value is -2.84. The molecule has 0 saturated carbocycles. The highest BCUT2D eigenvalue weighted by atomic mass is 16.7. The second-order valence-corrected chi connectivity index (χ2v) is 5.80. The molecule has 24 heavy (non-hydrogen) atoms. The molecule has 0 radical (unpaired) electrons. The molecule has 1 aliphatic heterocycles. The van der Waals surface area contributed by atoms with Gasteiger partial charge in [0.1, 0.15) is 6.04 Å². The second kappa shape index (κ2) is 6.73. The average Bonchev–Trinajstić information content (AvgIpc) is 3.14. The van der Waals surface area contributed by atoms with Crippen LogP contribution in [0.2, 0.25) is 0 Å². The van der Waals surface area contributed by atoms with E-state index in [1.54, 1.807) is 0 Å². The highest BCUT2D eigenvalue weighted by Gasteiger charge is 2.28. The Labute approximate surface area is 142 Å². The number of hydrogen-bond donors (Lipinski definition) is 0. The fourth-order valence-corrected chi connectivity index (χ4v) is 3.16. The lowest BCUT2D eigenvalue weighted by atomic mass is 9.97. The van der Waals surface area contributed by atoms with Gasteiger partial charge < -0.3 is 0 Å². The Kier molecular flexibility index (Phi) is 4.13. The van der Waals surface area contributed by atoms with Crippen LogP contribution < -0.4 is 0 Å². The second-order valence-electron chi connectivity index (χ2n) is 5.80. The number of nitrogens with zero attached hydrogens (tertiary/aromatic N) is 1. The number of rotatable bonds is 4. The molecule has 3 aromatic carbocycles. The quantitative estimate of drug-likeness (QED) is 0.667. The number of benzene rings is 3. The lowest BCUT2D eigenvalue weighted by Gasteiger charge is -2.31. The van der Waals surface area contributed by atoms with E-state index in [0.29, 0.717) is 6.61 Å². The van der Waals surface area contributed by atoms with Gasteiger partial charge in [-0.05, 0) is 22.8 Å². The van der Waals surface area contributed by atoms with E-state index in [0.717, 1.165) is 5.70 Å². The smallest absolute Gasteiger partial charge is 0.107 e. The first-order valence-electron chi connectivity index (χ1n) is 8.21. The molecule has 0 unspecified atom stereocenters. The first-order valence-corrected chi connectivity index (χ1v) is 8.21. The maximum atomic E-state index is 6.03. The summed E-state index contributed by atoms with van der Waals surface area (Å²) in [6, 6.07) is 31.5. The van der Waals surface area contributed by atoms with Gasteiger partial charge in [-0.3, -0.25) is 4.84 Å². The van der Waals surface area contributed by atoms with E-state index in [1.165, 1.54) is 16.7 Å². The highest BCUT2D eigenvalue weighted by Crippen LogP contribution is 2.37.